The monoisotopic (exact) mass is 305 g/mol. The van der Waals surface area contributed by atoms with Crippen LogP contribution >= 0.6 is 0 Å². The van der Waals surface area contributed by atoms with E-state index in [0.29, 0.717) is 12.1 Å². The van der Waals surface area contributed by atoms with Crippen molar-refractivity contribution in [2.75, 3.05) is 6.61 Å². The number of nitrogens with one attached hydrogen (secondary N) is 1. The van der Waals surface area contributed by atoms with Gasteiger partial charge < -0.3 is 10.1 Å². The van der Waals surface area contributed by atoms with Crippen molar-refractivity contribution in [2.45, 2.75) is 72.4 Å². The van der Waals surface area contributed by atoms with Gasteiger partial charge in [0.15, 0.2) is 0 Å². The van der Waals surface area contributed by atoms with Crippen LogP contribution in [0, 0.1) is 0 Å². The molecule has 0 saturated heterocycles. The van der Waals surface area contributed by atoms with Crippen molar-refractivity contribution in [2.24, 2.45) is 0 Å². The number of para-hydroxylation sites is 1. The van der Waals surface area contributed by atoms with Crippen LogP contribution in [0.3, 0.4) is 0 Å². The van der Waals surface area contributed by atoms with E-state index in [9.17, 15) is 0 Å². The fraction of sp³-hybridized carbons (Fsp3) is 0.600. The molecule has 2 atom stereocenters. The van der Waals surface area contributed by atoms with E-state index in [2.05, 4.69) is 46.5 Å². The van der Waals surface area contributed by atoms with E-state index in [1.54, 1.807) is 0 Å². The number of rotatable bonds is 9. The summed E-state index contributed by atoms with van der Waals surface area (Å²) in [6.45, 7) is 15.6. The molecule has 126 valence electrons. The summed E-state index contributed by atoms with van der Waals surface area (Å²) in [6, 6.07) is 9.32. The standard InChI is InChI=1S/C12H16O.C8H19N/c1-3-5-10-13-12-9-7-6-8-11(12)4-2;1-5-7(3)9-8(4)6-2/h4,6-9H,2-3,5,10H2,1H3;7-9H,5-6H2,1-4H3. The second-order valence-electron chi connectivity index (χ2n) is 5.73. The zero-order valence-electron chi connectivity index (χ0n) is 15.2. The predicted octanol–water partition coefficient (Wildman–Crippen LogP) is 5.68. The SMILES string of the molecule is C=Cc1ccccc1OCCCC.CCC(C)NC(C)CC. The molecule has 0 radical (unpaired) electrons. The van der Waals surface area contributed by atoms with Gasteiger partial charge in [0.1, 0.15) is 5.75 Å². The van der Waals surface area contributed by atoms with Gasteiger partial charge in [-0.25, -0.2) is 0 Å². The second-order valence-corrected chi connectivity index (χ2v) is 5.73. The molecule has 1 aromatic carbocycles. The highest BCUT2D eigenvalue weighted by Crippen LogP contribution is 2.18. The van der Waals surface area contributed by atoms with Gasteiger partial charge in [-0.05, 0) is 39.2 Å². The smallest absolute Gasteiger partial charge is 0.126 e. The molecule has 0 saturated carbocycles. The van der Waals surface area contributed by atoms with Gasteiger partial charge in [0, 0.05) is 17.6 Å². The molecule has 2 nitrogen and oxygen atoms in total. The first-order valence-electron chi connectivity index (χ1n) is 8.69. The van der Waals surface area contributed by atoms with Crippen LogP contribution in [0.2, 0.25) is 0 Å². The molecule has 22 heavy (non-hydrogen) atoms. The van der Waals surface area contributed by atoms with Gasteiger partial charge in [0.2, 0.25) is 0 Å². The summed E-state index contributed by atoms with van der Waals surface area (Å²) in [5, 5.41) is 3.48. The summed E-state index contributed by atoms with van der Waals surface area (Å²) in [4.78, 5) is 0. The van der Waals surface area contributed by atoms with Crippen LogP contribution in [0.15, 0.2) is 30.8 Å². The van der Waals surface area contributed by atoms with E-state index in [1.165, 1.54) is 12.8 Å². The predicted molar refractivity (Wildman–Crippen MR) is 99.6 cm³/mol. The van der Waals surface area contributed by atoms with Crippen molar-refractivity contribution >= 4 is 6.08 Å². The Morgan fingerprint density at radius 1 is 1.09 bits per heavy atom. The summed E-state index contributed by atoms with van der Waals surface area (Å²) in [7, 11) is 0. The number of unbranched alkanes of at least 4 members (excludes halogenated alkanes) is 1. The van der Waals surface area contributed by atoms with Gasteiger partial charge in [-0.1, -0.05) is 58.0 Å². The highest BCUT2D eigenvalue weighted by molar-refractivity contribution is 5.55. The van der Waals surface area contributed by atoms with E-state index in [0.717, 1.165) is 30.8 Å². The van der Waals surface area contributed by atoms with Gasteiger partial charge in [0.05, 0.1) is 6.61 Å². The Bertz CT molecular complexity index is 381. The molecule has 0 aliphatic rings. The average molecular weight is 306 g/mol. The molecule has 0 aliphatic carbocycles. The lowest BCUT2D eigenvalue weighted by Crippen LogP contribution is -2.33. The highest BCUT2D eigenvalue weighted by atomic mass is 16.5. The molecule has 0 aromatic heterocycles. The zero-order chi connectivity index (χ0) is 16.8. The molecule has 0 spiro atoms. The van der Waals surface area contributed by atoms with E-state index in [-0.39, 0.29) is 0 Å². The minimum absolute atomic E-state index is 0.681. The number of ether oxygens (including phenoxy) is 1. The Morgan fingerprint density at radius 2 is 1.68 bits per heavy atom. The summed E-state index contributed by atoms with van der Waals surface area (Å²) in [5.74, 6) is 0.936. The van der Waals surface area contributed by atoms with Crippen LogP contribution in [0.5, 0.6) is 5.75 Å². The third kappa shape index (κ3) is 9.62. The quantitative estimate of drug-likeness (QED) is 0.592. The van der Waals surface area contributed by atoms with E-state index < -0.39 is 0 Å². The summed E-state index contributed by atoms with van der Waals surface area (Å²) >= 11 is 0. The van der Waals surface area contributed by atoms with E-state index in [1.807, 2.05) is 30.3 Å². The van der Waals surface area contributed by atoms with Crippen LogP contribution in [-0.4, -0.2) is 18.7 Å². The van der Waals surface area contributed by atoms with Crippen molar-refractivity contribution in [3.05, 3.63) is 36.4 Å². The lowest BCUT2D eigenvalue weighted by molar-refractivity contribution is 0.309. The van der Waals surface area contributed by atoms with Crippen LogP contribution in [0.25, 0.3) is 6.08 Å². The fourth-order valence-corrected chi connectivity index (χ4v) is 1.83. The van der Waals surface area contributed by atoms with Crippen LogP contribution in [0.4, 0.5) is 0 Å². The zero-order valence-corrected chi connectivity index (χ0v) is 15.2. The first-order valence-corrected chi connectivity index (χ1v) is 8.69. The summed E-state index contributed by atoms with van der Waals surface area (Å²) in [5.41, 5.74) is 1.07. The maximum Gasteiger partial charge on any atom is 0.126 e. The van der Waals surface area contributed by atoms with Crippen molar-refractivity contribution in [3.63, 3.8) is 0 Å². The molecule has 1 aromatic rings. The van der Waals surface area contributed by atoms with Crippen molar-refractivity contribution in [1.82, 2.24) is 5.32 Å². The molecule has 0 amide bonds. The fourth-order valence-electron chi connectivity index (χ4n) is 1.83. The van der Waals surface area contributed by atoms with Crippen molar-refractivity contribution < 1.29 is 4.74 Å². The Labute approximate surface area is 138 Å². The maximum absolute atomic E-state index is 5.60. The van der Waals surface area contributed by atoms with Crippen LogP contribution in [0.1, 0.15) is 65.9 Å². The maximum atomic E-state index is 5.60. The third-order valence-corrected chi connectivity index (χ3v) is 3.69. The second kappa shape index (κ2) is 13.4. The van der Waals surface area contributed by atoms with Gasteiger partial charge in [-0.15, -0.1) is 0 Å². The largest absolute Gasteiger partial charge is 0.493 e. The Balaban J connectivity index is 0.000000433. The Hall–Kier alpha value is -1.28. The number of hydrogen-bond donors (Lipinski definition) is 1. The lowest BCUT2D eigenvalue weighted by Gasteiger charge is -2.16. The molecule has 0 fully saturated rings. The Morgan fingerprint density at radius 3 is 2.18 bits per heavy atom. The van der Waals surface area contributed by atoms with Crippen LogP contribution < -0.4 is 10.1 Å². The average Bonchev–Trinajstić information content (AvgIpc) is 2.55. The highest BCUT2D eigenvalue weighted by Gasteiger charge is 2.01. The third-order valence-electron chi connectivity index (χ3n) is 3.69. The minimum atomic E-state index is 0.681. The first kappa shape index (κ1) is 20.7. The van der Waals surface area contributed by atoms with Gasteiger partial charge in [0.25, 0.3) is 0 Å². The molecule has 2 unspecified atom stereocenters. The molecule has 0 heterocycles. The number of hydrogen-bond acceptors (Lipinski definition) is 2. The molecule has 0 bridgehead atoms. The summed E-state index contributed by atoms with van der Waals surface area (Å²) < 4.78 is 5.60. The van der Waals surface area contributed by atoms with Gasteiger partial charge >= 0.3 is 0 Å². The van der Waals surface area contributed by atoms with Crippen molar-refractivity contribution in [1.29, 1.82) is 0 Å². The van der Waals surface area contributed by atoms with Gasteiger partial charge in [-0.3, -0.25) is 0 Å². The first-order chi connectivity index (χ1) is 10.6. The van der Waals surface area contributed by atoms with Crippen molar-refractivity contribution in [3.8, 4) is 5.75 Å². The van der Waals surface area contributed by atoms with E-state index >= 15 is 0 Å². The molecule has 1 rings (SSSR count). The minimum Gasteiger partial charge on any atom is -0.493 e. The molecule has 2 heteroatoms. The van der Waals surface area contributed by atoms with Gasteiger partial charge in [-0.2, -0.15) is 0 Å². The molecular weight excluding hydrogens is 270 g/mol. The molecule has 0 aliphatic heterocycles. The number of benzene rings is 1. The summed E-state index contributed by atoms with van der Waals surface area (Å²) in [6.07, 6.45) is 6.54. The topological polar surface area (TPSA) is 21.3 Å². The Kier molecular flexibility index (Phi) is 12.6. The normalized spacial score (nSPS) is 12.8. The van der Waals surface area contributed by atoms with Crippen LogP contribution in [-0.2, 0) is 0 Å². The molecule has 1 N–H and O–H groups in total. The van der Waals surface area contributed by atoms with E-state index in [4.69, 9.17) is 4.74 Å². The molecular formula is C20H35NO. The lowest BCUT2D eigenvalue weighted by atomic mass is 10.2.